The summed E-state index contributed by atoms with van der Waals surface area (Å²) in [6.07, 6.45) is 0. The molecule has 3 rings (SSSR count). The van der Waals surface area contributed by atoms with Crippen LogP contribution in [0.4, 0.5) is 16.2 Å². The Morgan fingerprint density at radius 2 is 1.89 bits per heavy atom. The van der Waals surface area contributed by atoms with Crippen molar-refractivity contribution in [3.8, 4) is 0 Å². The van der Waals surface area contributed by atoms with Crippen molar-refractivity contribution in [3.05, 3.63) is 40.3 Å². The van der Waals surface area contributed by atoms with Crippen LogP contribution in [0.25, 0.3) is 0 Å². The van der Waals surface area contributed by atoms with E-state index in [2.05, 4.69) is 25.9 Å². The van der Waals surface area contributed by atoms with Gasteiger partial charge in [0.2, 0.25) is 5.91 Å². The van der Waals surface area contributed by atoms with Crippen molar-refractivity contribution in [3.63, 3.8) is 0 Å². The molecule has 1 aromatic heterocycles. The van der Waals surface area contributed by atoms with Crippen LogP contribution in [0.3, 0.4) is 0 Å². The number of anilines is 2. The summed E-state index contributed by atoms with van der Waals surface area (Å²) in [5.41, 5.74) is 2.34. The van der Waals surface area contributed by atoms with E-state index in [-0.39, 0.29) is 18.5 Å². The van der Waals surface area contributed by atoms with Crippen molar-refractivity contribution in [1.82, 2.24) is 14.8 Å². The molecule has 0 radical (unpaired) electrons. The van der Waals surface area contributed by atoms with E-state index in [0.717, 1.165) is 30.3 Å². The number of aromatic nitrogens is 1. The Kier molecular flexibility index (Phi) is 6.96. The molecule has 3 amide bonds. The van der Waals surface area contributed by atoms with Gasteiger partial charge in [-0.3, -0.25) is 9.69 Å². The molecule has 150 valence electrons. The van der Waals surface area contributed by atoms with Crippen LogP contribution in [0.1, 0.15) is 10.7 Å². The Bertz CT molecular complexity index is 817. The number of aryl methyl sites for hydroxylation is 1. The molecule has 0 bridgehead atoms. The van der Waals surface area contributed by atoms with E-state index >= 15 is 0 Å². The number of hydrogen-bond acceptors (Lipinski definition) is 6. The van der Waals surface area contributed by atoms with Gasteiger partial charge in [-0.2, -0.15) is 0 Å². The highest BCUT2D eigenvalue weighted by Gasteiger charge is 2.21. The normalized spacial score (nSPS) is 14.7. The molecule has 1 aliphatic rings. The fraction of sp³-hybridized carbons (Fsp3) is 0.421. The Balaban J connectivity index is 1.48. The van der Waals surface area contributed by atoms with Crippen molar-refractivity contribution in [2.24, 2.45) is 0 Å². The number of nitrogens with one attached hydrogen (secondary N) is 2. The maximum Gasteiger partial charge on any atom is 0.321 e. The fourth-order valence-electron chi connectivity index (χ4n) is 3.02. The first kappa shape index (κ1) is 20.2. The number of rotatable bonds is 6. The first-order valence-corrected chi connectivity index (χ1v) is 9.99. The molecule has 1 aromatic carbocycles. The number of thiazole rings is 1. The van der Waals surface area contributed by atoms with Crippen molar-refractivity contribution in [2.45, 2.75) is 13.5 Å². The second kappa shape index (κ2) is 9.63. The first-order valence-electron chi connectivity index (χ1n) is 9.11. The van der Waals surface area contributed by atoms with Gasteiger partial charge in [-0.1, -0.05) is 6.07 Å². The summed E-state index contributed by atoms with van der Waals surface area (Å²) >= 11 is 1.66. The van der Waals surface area contributed by atoms with Crippen LogP contribution in [0.2, 0.25) is 0 Å². The van der Waals surface area contributed by atoms with Crippen LogP contribution >= 0.6 is 11.3 Å². The Labute approximate surface area is 168 Å². The van der Waals surface area contributed by atoms with Gasteiger partial charge in [0.15, 0.2) is 0 Å². The number of urea groups is 1. The second-order valence-electron chi connectivity index (χ2n) is 6.61. The van der Waals surface area contributed by atoms with Gasteiger partial charge < -0.3 is 20.3 Å². The molecule has 2 N–H and O–H groups in total. The van der Waals surface area contributed by atoms with Gasteiger partial charge in [0, 0.05) is 56.6 Å². The van der Waals surface area contributed by atoms with E-state index in [1.54, 1.807) is 40.5 Å². The molecule has 0 atom stereocenters. The van der Waals surface area contributed by atoms with Crippen LogP contribution in [0, 0.1) is 6.92 Å². The van der Waals surface area contributed by atoms with Gasteiger partial charge in [-0.15, -0.1) is 11.3 Å². The highest BCUT2D eigenvalue weighted by molar-refractivity contribution is 7.09. The maximum atomic E-state index is 12.6. The lowest BCUT2D eigenvalue weighted by Crippen LogP contribution is -2.49. The number of hydrogen-bond donors (Lipinski definition) is 2. The summed E-state index contributed by atoms with van der Waals surface area (Å²) in [4.78, 5) is 32.8. The lowest BCUT2D eigenvalue weighted by atomic mass is 10.2. The molecule has 28 heavy (non-hydrogen) atoms. The van der Waals surface area contributed by atoms with Gasteiger partial charge in [-0.25, -0.2) is 9.78 Å². The molecule has 0 unspecified atom stereocenters. The molecule has 1 fully saturated rings. The number of benzene rings is 1. The molecule has 9 heteroatoms. The minimum atomic E-state index is -0.239. The number of ether oxygens (including phenoxy) is 1. The van der Waals surface area contributed by atoms with Gasteiger partial charge >= 0.3 is 6.03 Å². The highest BCUT2D eigenvalue weighted by atomic mass is 32.1. The first-order chi connectivity index (χ1) is 13.5. The third-order valence-corrected chi connectivity index (χ3v) is 5.21. The third kappa shape index (κ3) is 5.75. The molecule has 0 saturated carbocycles. The molecule has 1 aliphatic heterocycles. The van der Waals surface area contributed by atoms with Gasteiger partial charge in [0.25, 0.3) is 0 Å². The van der Waals surface area contributed by atoms with Gasteiger partial charge in [0.05, 0.1) is 10.7 Å². The monoisotopic (exact) mass is 403 g/mol. The molecular weight excluding hydrogens is 378 g/mol. The quantitative estimate of drug-likeness (QED) is 0.773. The van der Waals surface area contributed by atoms with E-state index in [1.807, 2.05) is 6.92 Å². The Morgan fingerprint density at radius 3 is 2.54 bits per heavy atom. The van der Waals surface area contributed by atoms with E-state index in [4.69, 9.17) is 4.74 Å². The van der Waals surface area contributed by atoms with Crippen LogP contribution in [-0.4, -0.2) is 66.6 Å². The predicted molar refractivity (Wildman–Crippen MR) is 110 cm³/mol. The summed E-state index contributed by atoms with van der Waals surface area (Å²) in [7, 11) is 1.47. The summed E-state index contributed by atoms with van der Waals surface area (Å²) in [5, 5.41) is 8.79. The summed E-state index contributed by atoms with van der Waals surface area (Å²) < 4.78 is 4.80. The molecule has 1 saturated heterocycles. The van der Waals surface area contributed by atoms with E-state index in [1.165, 1.54) is 7.11 Å². The summed E-state index contributed by atoms with van der Waals surface area (Å²) in [6.45, 7) is 5.78. The van der Waals surface area contributed by atoms with Crippen molar-refractivity contribution < 1.29 is 14.3 Å². The van der Waals surface area contributed by atoms with Crippen LogP contribution in [0.15, 0.2) is 29.6 Å². The number of nitrogens with zero attached hydrogens (tertiary/aromatic N) is 3. The standard InChI is InChI=1S/C19H25N5O3S/c1-14-20-17(13-28-14)11-23-6-8-24(9-7-23)19(26)22-16-5-3-4-15(10-16)21-18(25)12-27-2/h3-5,10,13H,6-9,11-12H2,1-2H3,(H,21,25)(H,22,26). The van der Waals surface area contributed by atoms with Crippen molar-refractivity contribution in [1.29, 1.82) is 0 Å². The summed E-state index contributed by atoms with van der Waals surface area (Å²) in [5.74, 6) is -0.239. The molecule has 2 aromatic rings. The lowest BCUT2D eigenvalue weighted by molar-refractivity contribution is -0.119. The zero-order valence-electron chi connectivity index (χ0n) is 16.1. The van der Waals surface area contributed by atoms with Crippen LogP contribution in [-0.2, 0) is 16.1 Å². The minimum absolute atomic E-state index is 0.0126. The fourth-order valence-corrected chi connectivity index (χ4v) is 3.63. The number of methoxy groups -OCH3 is 1. The average molecular weight is 404 g/mol. The number of piperazine rings is 1. The lowest BCUT2D eigenvalue weighted by Gasteiger charge is -2.34. The number of carbonyl (C=O) groups excluding carboxylic acids is 2. The highest BCUT2D eigenvalue weighted by Crippen LogP contribution is 2.17. The molecule has 0 spiro atoms. The van der Waals surface area contributed by atoms with Crippen molar-refractivity contribution in [2.75, 3.05) is 50.5 Å². The van der Waals surface area contributed by atoms with E-state index < -0.39 is 0 Å². The molecule has 0 aliphatic carbocycles. The SMILES string of the molecule is COCC(=O)Nc1cccc(NC(=O)N2CCN(Cc3csc(C)n3)CC2)c1. The zero-order valence-corrected chi connectivity index (χ0v) is 16.9. The topological polar surface area (TPSA) is 86.8 Å². The second-order valence-corrected chi connectivity index (χ2v) is 7.68. The maximum absolute atomic E-state index is 12.6. The number of carbonyl (C=O) groups is 2. The van der Waals surface area contributed by atoms with Gasteiger partial charge in [-0.05, 0) is 25.1 Å². The minimum Gasteiger partial charge on any atom is -0.375 e. The van der Waals surface area contributed by atoms with E-state index in [9.17, 15) is 9.59 Å². The van der Waals surface area contributed by atoms with Gasteiger partial charge in [0.1, 0.15) is 6.61 Å². The largest absolute Gasteiger partial charge is 0.375 e. The summed E-state index contributed by atoms with van der Waals surface area (Å²) in [6, 6.07) is 6.94. The average Bonchev–Trinajstić information content (AvgIpc) is 3.07. The van der Waals surface area contributed by atoms with Crippen molar-refractivity contribution >= 4 is 34.6 Å². The predicted octanol–water partition coefficient (Wildman–Crippen LogP) is 2.39. The van der Waals surface area contributed by atoms with Crippen LogP contribution in [0.5, 0.6) is 0 Å². The number of amides is 3. The molecule has 8 nitrogen and oxygen atoms in total. The zero-order chi connectivity index (χ0) is 19.9. The van der Waals surface area contributed by atoms with Crippen LogP contribution < -0.4 is 10.6 Å². The van der Waals surface area contributed by atoms with E-state index in [0.29, 0.717) is 24.5 Å². The Morgan fingerprint density at radius 1 is 1.18 bits per heavy atom. The molecular formula is C19H25N5O3S. The Hall–Kier alpha value is -2.49. The smallest absolute Gasteiger partial charge is 0.321 e. The third-order valence-electron chi connectivity index (χ3n) is 4.38. The molecule has 2 heterocycles.